The molecule has 1 N–H and O–H groups in total. The number of aromatic nitrogens is 2. The van der Waals surface area contributed by atoms with Gasteiger partial charge in [0.1, 0.15) is 12.3 Å². The Morgan fingerprint density at radius 1 is 1.20 bits per heavy atom. The van der Waals surface area contributed by atoms with Crippen molar-refractivity contribution >= 4 is 40.7 Å². The van der Waals surface area contributed by atoms with Gasteiger partial charge in [-0.05, 0) is 60.5 Å². The monoisotopic (exact) mass is 444 g/mol. The molecular weight excluding hydrogens is 427 g/mol. The van der Waals surface area contributed by atoms with E-state index < -0.39 is 0 Å². The number of benzene rings is 1. The van der Waals surface area contributed by atoms with E-state index in [0.717, 1.165) is 11.1 Å². The summed E-state index contributed by atoms with van der Waals surface area (Å²) in [4.78, 5) is 22.7. The van der Waals surface area contributed by atoms with Crippen LogP contribution in [0.15, 0.2) is 47.9 Å². The molecule has 2 aromatic heterocycles. The zero-order chi connectivity index (χ0) is 21.3. The van der Waals surface area contributed by atoms with E-state index in [1.807, 2.05) is 13.8 Å². The Hall–Kier alpha value is -3.03. The van der Waals surface area contributed by atoms with Gasteiger partial charge in [-0.2, -0.15) is 0 Å². The van der Waals surface area contributed by atoms with Crippen molar-refractivity contribution in [2.24, 2.45) is 5.16 Å². The minimum absolute atomic E-state index is 0.265. The fourth-order valence-electron chi connectivity index (χ4n) is 3.19. The van der Waals surface area contributed by atoms with E-state index in [0.29, 0.717) is 46.0 Å². The summed E-state index contributed by atoms with van der Waals surface area (Å²) >= 11 is 12.5. The molecule has 0 spiro atoms. The van der Waals surface area contributed by atoms with Gasteiger partial charge in [-0.3, -0.25) is 9.36 Å². The summed E-state index contributed by atoms with van der Waals surface area (Å²) in [6.07, 6.45) is 3.43. The first-order chi connectivity index (χ1) is 14.4. The lowest BCUT2D eigenvalue weighted by Crippen LogP contribution is -2.22. The number of rotatable bonds is 4. The highest BCUT2D eigenvalue weighted by atomic mass is 35.5. The number of amides is 1. The average molecular weight is 445 g/mol. The molecule has 3 aromatic rings. The van der Waals surface area contributed by atoms with Crippen LogP contribution in [0, 0.1) is 13.8 Å². The maximum absolute atomic E-state index is 13.3. The molecule has 3 heterocycles. The Bertz CT molecular complexity index is 1160. The number of aryl methyl sites for hydroxylation is 2. The Kier molecular flexibility index (Phi) is 5.65. The van der Waals surface area contributed by atoms with E-state index >= 15 is 0 Å². The van der Waals surface area contributed by atoms with Gasteiger partial charge in [0, 0.05) is 17.4 Å². The van der Waals surface area contributed by atoms with Gasteiger partial charge in [-0.15, -0.1) is 0 Å². The fraction of sp³-hybridized carbons (Fsp3) is 0.190. The second-order valence-electron chi connectivity index (χ2n) is 6.76. The fourth-order valence-corrected chi connectivity index (χ4v) is 3.67. The number of pyridine rings is 1. The zero-order valence-corrected chi connectivity index (χ0v) is 17.8. The SMILES string of the molecule is Cc1cc(C(=O)Nc2c(C)cc(Cl)cc2C2=NOCCO2)n(-c2ncccc2Cl)c1. The number of nitrogens with one attached hydrogen (secondary N) is 1. The molecule has 0 aliphatic carbocycles. The normalized spacial score (nSPS) is 13.3. The lowest BCUT2D eigenvalue weighted by Gasteiger charge is -2.19. The van der Waals surface area contributed by atoms with Crippen LogP contribution >= 0.6 is 23.2 Å². The Morgan fingerprint density at radius 3 is 2.77 bits per heavy atom. The Labute approximate surface area is 183 Å². The molecule has 4 rings (SSSR count). The summed E-state index contributed by atoms with van der Waals surface area (Å²) < 4.78 is 7.26. The molecule has 9 heteroatoms. The number of hydrogen-bond donors (Lipinski definition) is 1. The summed E-state index contributed by atoms with van der Waals surface area (Å²) in [5.41, 5.74) is 3.11. The van der Waals surface area contributed by atoms with E-state index in [-0.39, 0.29) is 11.8 Å². The van der Waals surface area contributed by atoms with Crippen LogP contribution in [0.2, 0.25) is 10.0 Å². The van der Waals surface area contributed by atoms with Crippen LogP contribution < -0.4 is 5.32 Å². The molecule has 0 unspecified atom stereocenters. The number of halogens is 2. The van der Waals surface area contributed by atoms with Gasteiger partial charge in [0.25, 0.3) is 11.8 Å². The molecule has 0 atom stereocenters. The number of carbonyl (C=O) groups excluding carboxylic acids is 1. The standard InChI is InChI=1S/C21H18Cl2N4O3/c1-12-8-17(27(11-12)19-16(23)4-3-5-24-19)20(28)25-18-13(2)9-14(22)10-15(18)21-26-30-7-6-29-21/h3-5,8-11H,6-7H2,1-2H3,(H,25,28). The summed E-state index contributed by atoms with van der Waals surface area (Å²) in [6, 6.07) is 8.66. The smallest absolute Gasteiger partial charge is 0.272 e. The Morgan fingerprint density at radius 2 is 2.03 bits per heavy atom. The van der Waals surface area contributed by atoms with Crippen molar-refractivity contribution in [1.29, 1.82) is 0 Å². The number of ether oxygens (including phenoxy) is 1. The summed E-state index contributed by atoms with van der Waals surface area (Å²) in [6.45, 7) is 4.46. The van der Waals surface area contributed by atoms with Gasteiger partial charge in [0.05, 0.1) is 16.3 Å². The van der Waals surface area contributed by atoms with Gasteiger partial charge in [-0.1, -0.05) is 23.2 Å². The van der Waals surface area contributed by atoms with Gasteiger partial charge >= 0.3 is 0 Å². The highest BCUT2D eigenvalue weighted by molar-refractivity contribution is 6.32. The predicted molar refractivity (Wildman–Crippen MR) is 116 cm³/mol. The van der Waals surface area contributed by atoms with E-state index in [9.17, 15) is 4.79 Å². The lowest BCUT2D eigenvalue weighted by molar-refractivity contribution is 0.0656. The molecule has 0 saturated carbocycles. The number of hydrogen-bond acceptors (Lipinski definition) is 5. The maximum Gasteiger partial charge on any atom is 0.272 e. The first-order valence-corrected chi connectivity index (χ1v) is 9.94. The van der Waals surface area contributed by atoms with Crippen LogP contribution in [-0.2, 0) is 9.57 Å². The van der Waals surface area contributed by atoms with Crippen molar-refractivity contribution in [3.63, 3.8) is 0 Å². The number of oxime groups is 1. The van der Waals surface area contributed by atoms with Crippen LogP contribution in [-0.4, -0.2) is 34.6 Å². The van der Waals surface area contributed by atoms with Crippen LogP contribution in [0.25, 0.3) is 5.82 Å². The van der Waals surface area contributed by atoms with Crippen molar-refractivity contribution in [2.75, 3.05) is 18.5 Å². The molecular formula is C21H18Cl2N4O3. The minimum atomic E-state index is -0.339. The second-order valence-corrected chi connectivity index (χ2v) is 7.60. The quantitative estimate of drug-likeness (QED) is 0.629. The molecule has 1 aliphatic rings. The van der Waals surface area contributed by atoms with E-state index in [1.54, 1.807) is 47.3 Å². The topological polar surface area (TPSA) is 77.7 Å². The molecule has 1 aromatic carbocycles. The summed E-state index contributed by atoms with van der Waals surface area (Å²) in [7, 11) is 0. The molecule has 7 nitrogen and oxygen atoms in total. The molecule has 1 aliphatic heterocycles. The second kappa shape index (κ2) is 8.38. The highest BCUT2D eigenvalue weighted by Gasteiger charge is 2.22. The molecule has 0 bridgehead atoms. The Balaban J connectivity index is 1.74. The van der Waals surface area contributed by atoms with E-state index in [4.69, 9.17) is 32.8 Å². The van der Waals surface area contributed by atoms with E-state index in [1.165, 1.54) is 0 Å². The third kappa shape index (κ3) is 3.99. The predicted octanol–water partition coefficient (Wildman–Crippen LogP) is 4.76. The van der Waals surface area contributed by atoms with Crippen LogP contribution in [0.5, 0.6) is 0 Å². The molecule has 1 amide bonds. The molecule has 154 valence electrons. The van der Waals surface area contributed by atoms with Crippen molar-refractivity contribution in [3.8, 4) is 5.82 Å². The van der Waals surface area contributed by atoms with E-state index in [2.05, 4.69) is 15.5 Å². The van der Waals surface area contributed by atoms with Gasteiger partial charge < -0.3 is 14.9 Å². The number of anilines is 1. The molecule has 0 radical (unpaired) electrons. The van der Waals surface area contributed by atoms with Crippen molar-refractivity contribution < 1.29 is 14.4 Å². The van der Waals surface area contributed by atoms with Crippen molar-refractivity contribution in [3.05, 3.63) is 75.2 Å². The molecule has 0 fully saturated rings. The maximum atomic E-state index is 13.3. The van der Waals surface area contributed by atoms with Crippen LogP contribution in [0.4, 0.5) is 5.69 Å². The summed E-state index contributed by atoms with van der Waals surface area (Å²) in [5.74, 6) is 0.397. The van der Waals surface area contributed by atoms with Gasteiger partial charge in [-0.25, -0.2) is 4.98 Å². The number of carbonyl (C=O) groups is 1. The first-order valence-electron chi connectivity index (χ1n) is 9.18. The van der Waals surface area contributed by atoms with Gasteiger partial charge in [0.2, 0.25) is 0 Å². The number of nitrogens with zero attached hydrogens (tertiary/aromatic N) is 3. The average Bonchev–Trinajstić information content (AvgIpc) is 3.12. The zero-order valence-electron chi connectivity index (χ0n) is 16.3. The highest BCUT2D eigenvalue weighted by Crippen LogP contribution is 2.29. The van der Waals surface area contributed by atoms with Crippen molar-refractivity contribution in [1.82, 2.24) is 9.55 Å². The van der Waals surface area contributed by atoms with Crippen LogP contribution in [0.1, 0.15) is 27.2 Å². The minimum Gasteiger partial charge on any atom is -0.471 e. The lowest BCUT2D eigenvalue weighted by atomic mass is 10.1. The largest absolute Gasteiger partial charge is 0.471 e. The van der Waals surface area contributed by atoms with Crippen molar-refractivity contribution in [2.45, 2.75) is 13.8 Å². The molecule has 0 saturated heterocycles. The van der Waals surface area contributed by atoms with Gasteiger partial charge in [0.15, 0.2) is 12.4 Å². The summed E-state index contributed by atoms with van der Waals surface area (Å²) in [5, 5.41) is 7.85. The third-order valence-corrected chi connectivity index (χ3v) is 5.00. The first kappa shape index (κ1) is 20.3. The third-order valence-electron chi connectivity index (χ3n) is 4.49. The van der Waals surface area contributed by atoms with Crippen LogP contribution in [0.3, 0.4) is 0 Å². The molecule has 30 heavy (non-hydrogen) atoms.